The highest BCUT2D eigenvalue weighted by atomic mass is 16.7. The number of nitrogens with one attached hydrogen (secondary N) is 1. The van der Waals surface area contributed by atoms with Crippen LogP contribution in [-0.4, -0.2) is 19.8 Å². The summed E-state index contributed by atoms with van der Waals surface area (Å²) in [4.78, 5) is 0. The number of benzene rings is 1. The van der Waals surface area contributed by atoms with Gasteiger partial charge in [-0.2, -0.15) is 0 Å². The van der Waals surface area contributed by atoms with Crippen LogP contribution in [0.2, 0.25) is 0 Å². The second-order valence-electron chi connectivity index (χ2n) is 2.45. The Labute approximate surface area is 99.5 Å². The lowest BCUT2D eigenvalue weighted by Crippen LogP contribution is -2.23. The van der Waals surface area contributed by atoms with Gasteiger partial charge in [-0.25, -0.2) is 0 Å². The van der Waals surface area contributed by atoms with Crippen LogP contribution in [0, 0.1) is 0 Å². The molecule has 0 aliphatic carbocycles. The summed E-state index contributed by atoms with van der Waals surface area (Å²) >= 11 is 0. The van der Waals surface area contributed by atoms with Crippen molar-refractivity contribution >= 4 is 0 Å². The number of likely N-dealkylation sites (N-methyl/N-ethyl adjacent to an activating group) is 1. The molecule has 1 aliphatic rings. The maximum absolute atomic E-state index is 8.16. The van der Waals surface area contributed by atoms with Crippen LogP contribution < -0.4 is 14.8 Å². The van der Waals surface area contributed by atoms with Gasteiger partial charge in [-0.05, 0) is 37.9 Å². The predicted octanol–water partition coefficient (Wildman–Crippen LogP) is 1.57. The van der Waals surface area contributed by atoms with Gasteiger partial charge in [0.2, 0.25) is 6.75 Å². The third kappa shape index (κ3) is 1.82. The molecule has 2 rings (SSSR count). The van der Waals surface area contributed by atoms with E-state index < -0.39 is 61.2 Å². The highest BCUT2D eigenvalue weighted by molar-refractivity contribution is 5.44. The zero-order valence-electron chi connectivity index (χ0n) is 18.3. The third-order valence-electron chi connectivity index (χ3n) is 1.53. The highest BCUT2D eigenvalue weighted by Crippen LogP contribution is 2.32. The third-order valence-corrected chi connectivity index (χ3v) is 1.53. The molecule has 1 unspecified atom stereocenters. The van der Waals surface area contributed by atoms with Crippen molar-refractivity contribution in [1.29, 1.82) is 0 Å². The van der Waals surface area contributed by atoms with E-state index >= 15 is 0 Å². The molecule has 14 heavy (non-hydrogen) atoms. The molecule has 0 radical (unpaired) electrons. The minimum absolute atomic E-state index is 0.548. The Morgan fingerprint density at radius 2 is 2.64 bits per heavy atom. The summed E-state index contributed by atoms with van der Waals surface area (Å²) in [5.41, 5.74) is -0.877. The molecule has 0 fully saturated rings. The molecule has 0 saturated carbocycles. The molecule has 1 heterocycles. The van der Waals surface area contributed by atoms with Gasteiger partial charge in [-0.3, -0.25) is 0 Å². The van der Waals surface area contributed by atoms with E-state index in [0.29, 0.717) is 0 Å². The van der Waals surface area contributed by atoms with Gasteiger partial charge in [-0.15, -0.1) is 0 Å². The predicted molar refractivity (Wildman–Crippen MR) is 54.8 cm³/mol. The molecule has 3 heteroatoms. The molecule has 1 aromatic rings. The monoisotopic (exact) mass is 204 g/mol. The average Bonchev–Trinajstić information content (AvgIpc) is 2.78. The zero-order valence-corrected chi connectivity index (χ0v) is 7.32. The highest BCUT2D eigenvalue weighted by Gasteiger charge is 2.13. The van der Waals surface area contributed by atoms with Gasteiger partial charge < -0.3 is 14.8 Å². The minimum atomic E-state index is -3.18. The van der Waals surface area contributed by atoms with Crippen molar-refractivity contribution in [2.45, 2.75) is 19.2 Å². The van der Waals surface area contributed by atoms with E-state index in [-0.39, 0.29) is 0 Å². The van der Waals surface area contributed by atoms with E-state index in [2.05, 4.69) is 5.32 Å². The maximum Gasteiger partial charge on any atom is 0.231 e. The molecule has 3 nitrogen and oxygen atoms in total. The Balaban J connectivity index is 2.79. The Bertz CT molecular complexity index is 717. The van der Waals surface area contributed by atoms with Crippen LogP contribution in [0.25, 0.3) is 0 Å². The number of hydrogen-bond acceptors (Lipinski definition) is 3. The molecule has 0 spiro atoms. The summed E-state index contributed by atoms with van der Waals surface area (Å²) in [5, 5.41) is 2.07. The minimum Gasteiger partial charge on any atom is -0.454 e. The fraction of sp³-hybridized carbons (Fsp3) is 0.455. The summed E-state index contributed by atoms with van der Waals surface area (Å²) in [6.45, 7) is -5.89. The van der Waals surface area contributed by atoms with Crippen molar-refractivity contribution in [3.63, 3.8) is 0 Å². The molecule has 1 N–H and O–H groups in total. The number of ether oxygens (including phenoxy) is 2. The van der Waals surface area contributed by atoms with Crippen molar-refractivity contribution < 1.29 is 24.6 Å². The van der Waals surface area contributed by atoms with Crippen LogP contribution in [0.1, 0.15) is 27.5 Å². The van der Waals surface area contributed by atoms with E-state index in [4.69, 9.17) is 24.6 Å². The molecule has 1 aromatic carbocycles. The van der Waals surface area contributed by atoms with Crippen molar-refractivity contribution in [2.75, 3.05) is 13.8 Å². The standard InChI is InChI=1S/C11H15NO2/c1-8(12-2)5-9-3-4-10-11(6-9)14-7-13-10/h3-4,6,8,12H,5,7H2,1-2H3/i1D3,3D,4D,5D2,6D,7D2,8D. The first-order valence-electron chi connectivity index (χ1n) is 9.32. The normalized spacial score (nSPS) is 34.8. The van der Waals surface area contributed by atoms with Gasteiger partial charge in [0.1, 0.15) is 2.74 Å². The Morgan fingerprint density at radius 1 is 1.79 bits per heavy atom. The lowest BCUT2D eigenvalue weighted by atomic mass is 10.1. The van der Waals surface area contributed by atoms with Crippen LogP contribution >= 0.6 is 0 Å². The van der Waals surface area contributed by atoms with E-state index in [1.807, 2.05) is 0 Å². The molecule has 1 atom stereocenters. The van der Waals surface area contributed by atoms with Crippen molar-refractivity contribution in [2.24, 2.45) is 0 Å². The second kappa shape index (κ2) is 3.88. The molecule has 0 aromatic heterocycles. The maximum atomic E-state index is 8.16. The number of hydrogen-bond donors (Lipinski definition) is 1. The molecular weight excluding hydrogens is 178 g/mol. The number of rotatable bonds is 3. The first-order chi connectivity index (χ1) is 11.1. The summed E-state index contributed by atoms with van der Waals surface area (Å²) < 4.78 is 94.9. The smallest absolute Gasteiger partial charge is 0.231 e. The fourth-order valence-corrected chi connectivity index (χ4v) is 0.875. The Morgan fingerprint density at radius 3 is 3.43 bits per heavy atom. The van der Waals surface area contributed by atoms with Gasteiger partial charge in [-0.1, -0.05) is 6.04 Å². The van der Waals surface area contributed by atoms with E-state index in [1.54, 1.807) is 0 Å². The van der Waals surface area contributed by atoms with Gasteiger partial charge in [0, 0.05) is 14.2 Å². The van der Waals surface area contributed by atoms with E-state index in [0.717, 1.165) is 7.05 Å². The van der Waals surface area contributed by atoms with E-state index in [1.165, 1.54) is 0 Å². The van der Waals surface area contributed by atoms with Crippen LogP contribution in [-0.2, 0) is 6.37 Å². The quantitative estimate of drug-likeness (QED) is 0.810. The van der Waals surface area contributed by atoms with Crippen LogP contribution in [0.15, 0.2) is 18.1 Å². The van der Waals surface area contributed by atoms with Crippen molar-refractivity contribution in [3.8, 4) is 11.5 Å². The molecule has 0 amide bonds. The second-order valence-corrected chi connectivity index (χ2v) is 2.45. The molecule has 1 aliphatic heterocycles. The first kappa shape index (κ1) is 2.89. The lowest BCUT2D eigenvalue weighted by Gasteiger charge is -2.09. The van der Waals surface area contributed by atoms with Crippen molar-refractivity contribution in [3.05, 3.63) is 23.7 Å². The van der Waals surface area contributed by atoms with Crippen LogP contribution in [0.5, 0.6) is 11.5 Å². The topological polar surface area (TPSA) is 30.5 Å². The van der Waals surface area contributed by atoms with Crippen LogP contribution in [0.3, 0.4) is 0 Å². The van der Waals surface area contributed by atoms with Gasteiger partial charge in [0.25, 0.3) is 0 Å². The fourth-order valence-electron chi connectivity index (χ4n) is 0.875. The Hall–Kier alpha value is -1.22. The average molecular weight is 204 g/mol. The number of fused-ring (bicyclic) bond motifs is 1. The SMILES string of the molecule is [2H]c1c([2H])c(C([2H])([2H])C([2H])(NC)C([2H])([2H])[2H])c([2H])c2c1OC([2H])([2H])O2. The first-order valence-corrected chi connectivity index (χ1v) is 3.82. The van der Waals surface area contributed by atoms with Gasteiger partial charge >= 0.3 is 0 Å². The Kier molecular flexibility index (Phi) is 0.801. The molecule has 0 saturated heterocycles. The molecular formula is C11H15NO2. The zero-order chi connectivity index (χ0) is 19.6. The van der Waals surface area contributed by atoms with Crippen molar-refractivity contribution in [1.82, 2.24) is 5.32 Å². The summed E-state index contributed by atoms with van der Waals surface area (Å²) in [6.07, 6.45) is -3.12. The summed E-state index contributed by atoms with van der Waals surface area (Å²) in [5.74, 6) is -1.16. The van der Waals surface area contributed by atoms with Crippen LogP contribution in [0.4, 0.5) is 0 Å². The summed E-state index contributed by atoms with van der Waals surface area (Å²) in [7, 11) is 1.05. The molecule has 0 bridgehead atoms. The largest absolute Gasteiger partial charge is 0.454 e. The molecule has 76 valence electrons. The summed E-state index contributed by atoms with van der Waals surface area (Å²) in [6, 6.07) is -5.44. The van der Waals surface area contributed by atoms with Gasteiger partial charge in [0.15, 0.2) is 11.5 Å². The van der Waals surface area contributed by atoms with E-state index in [9.17, 15) is 0 Å². The van der Waals surface area contributed by atoms with Gasteiger partial charge in [0.05, 0.1) is 4.11 Å². The lowest BCUT2D eigenvalue weighted by molar-refractivity contribution is 0.174.